The zero-order valence-corrected chi connectivity index (χ0v) is 16.7. The van der Waals surface area contributed by atoms with Crippen LogP contribution in [0.25, 0.3) is 0 Å². The van der Waals surface area contributed by atoms with Crippen LogP contribution in [-0.2, 0) is 11.2 Å². The van der Waals surface area contributed by atoms with E-state index in [1.54, 1.807) is 31.4 Å². The molecule has 1 aliphatic heterocycles. The van der Waals surface area contributed by atoms with Gasteiger partial charge in [-0.15, -0.1) is 5.10 Å². The van der Waals surface area contributed by atoms with Gasteiger partial charge in [-0.1, -0.05) is 29.3 Å². The van der Waals surface area contributed by atoms with E-state index < -0.39 is 11.9 Å². The number of carbonyl (C=O) groups excluding carboxylic acids is 1. The molecule has 9 heteroatoms. The molecule has 0 spiro atoms. The molecule has 3 aromatic rings. The number of ether oxygens (including phenoxy) is 1. The van der Waals surface area contributed by atoms with Crippen molar-refractivity contribution in [2.24, 2.45) is 0 Å². The van der Waals surface area contributed by atoms with Crippen molar-refractivity contribution in [2.75, 3.05) is 17.3 Å². The number of likely N-dealkylation sites (N-methyl/N-ethyl adjacent to an activating group) is 1. The van der Waals surface area contributed by atoms with E-state index in [2.05, 4.69) is 15.5 Å². The second-order valence-corrected chi connectivity index (χ2v) is 7.28. The Hall–Kier alpha value is -2.90. The Balaban J connectivity index is 1.70. The number of halogens is 3. The van der Waals surface area contributed by atoms with Crippen molar-refractivity contribution >= 4 is 40.6 Å². The second kappa shape index (κ2) is 7.85. The second-order valence-electron chi connectivity index (χ2n) is 6.47. The maximum Gasteiger partial charge on any atom is 0.249 e. The molecule has 0 radical (unpaired) electrons. The topological polar surface area (TPSA) is 67.4 Å². The van der Waals surface area contributed by atoms with E-state index in [1.165, 1.54) is 23.1 Å². The minimum atomic E-state index is -0.531. The number of nitrogens with one attached hydrogen (secondary N) is 1. The number of hydrogen-bond acceptors (Lipinski definition) is 5. The largest absolute Gasteiger partial charge is 0.452 e. The van der Waals surface area contributed by atoms with Gasteiger partial charge >= 0.3 is 0 Å². The molecule has 0 unspecified atom stereocenters. The number of fused-ring (bicyclic) bond motifs is 1. The highest BCUT2D eigenvalue weighted by Crippen LogP contribution is 2.44. The average Bonchev–Trinajstić information content (AvgIpc) is 2.71. The summed E-state index contributed by atoms with van der Waals surface area (Å²) in [5.74, 6) is 0.163. The van der Waals surface area contributed by atoms with Gasteiger partial charge in [-0.25, -0.2) is 4.39 Å². The minimum absolute atomic E-state index is 0.114. The number of amides is 1. The zero-order valence-electron chi connectivity index (χ0n) is 15.2. The van der Waals surface area contributed by atoms with Gasteiger partial charge < -0.3 is 15.0 Å². The van der Waals surface area contributed by atoms with Gasteiger partial charge in [-0.2, -0.15) is 5.10 Å². The third-order valence-corrected chi connectivity index (χ3v) is 5.16. The predicted octanol–water partition coefficient (Wildman–Crippen LogP) is 4.71. The maximum atomic E-state index is 13.6. The number of hydrogen-bond donors (Lipinski definition) is 1. The number of aromatic nitrogens is 2. The standard InChI is InChI=1S/C20H15Cl2FN4O2/c1-27-18-11(9-15(20(27)28)25-17-3-2-8-24-26-17)4-6-14(22)19(18)29-16-10-12(23)5-7-13(16)21/h2-8,10,15H,9H2,1H3,(H,25,26)/t15-/m1/s1. The van der Waals surface area contributed by atoms with Crippen molar-refractivity contribution in [1.29, 1.82) is 0 Å². The molecular formula is C20H15Cl2FN4O2. The van der Waals surface area contributed by atoms with Crippen LogP contribution in [0.3, 0.4) is 0 Å². The number of rotatable bonds is 4. The van der Waals surface area contributed by atoms with Gasteiger partial charge in [0.05, 0.1) is 15.7 Å². The summed E-state index contributed by atoms with van der Waals surface area (Å²) in [5.41, 5.74) is 1.35. The van der Waals surface area contributed by atoms with Crippen LogP contribution in [0.5, 0.6) is 11.5 Å². The van der Waals surface area contributed by atoms with E-state index in [4.69, 9.17) is 27.9 Å². The molecule has 1 N–H and O–H groups in total. The van der Waals surface area contributed by atoms with Crippen LogP contribution >= 0.6 is 23.2 Å². The van der Waals surface area contributed by atoms with Crippen molar-refractivity contribution in [3.8, 4) is 11.5 Å². The Morgan fingerprint density at radius 3 is 2.76 bits per heavy atom. The maximum absolute atomic E-state index is 13.6. The van der Waals surface area contributed by atoms with E-state index in [-0.39, 0.29) is 27.5 Å². The van der Waals surface area contributed by atoms with E-state index in [0.717, 1.165) is 5.56 Å². The van der Waals surface area contributed by atoms with Crippen LogP contribution < -0.4 is 15.0 Å². The zero-order chi connectivity index (χ0) is 20.5. The van der Waals surface area contributed by atoms with Crippen LogP contribution in [-0.4, -0.2) is 29.2 Å². The Bertz CT molecular complexity index is 1080. The molecule has 6 nitrogen and oxygen atoms in total. The summed E-state index contributed by atoms with van der Waals surface area (Å²) < 4.78 is 19.5. The lowest BCUT2D eigenvalue weighted by atomic mass is 9.97. The number of anilines is 2. The van der Waals surface area contributed by atoms with E-state index in [1.807, 2.05) is 6.07 Å². The van der Waals surface area contributed by atoms with Gasteiger partial charge in [-0.05, 0) is 35.9 Å². The van der Waals surface area contributed by atoms with Crippen molar-refractivity contribution in [2.45, 2.75) is 12.5 Å². The Morgan fingerprint density at radius 2 is 2.00 bits per heavy atom. The van der Waals surface area contributed by atoms with Gasteiger partial charge in [0.15, 0.2) is 5.75 Å². The van der Waals surface area contributed by atoms with E-state index in [9.17, 15) is 9.18 Å². The highest BCUT2D eigenvalue weighted by molar-refractivity contribution is 6.33. The molecule has 29 heavy (non-hydrogen) atoms. The Morgan fingerprint density at radius 1 is 1.21 bits per heavy atom. The summed E-state index contributed by atoms with van der Waals surface area (Å²) in [4.78, 5) is 14.4. The molecule has 2 aromatic carbocycles. The van der Waals surface area contributed by atoms with Crippen molar-refractivity contribution in [3.63, 3.8) is 0 Å². The highest BCUT2D eigenvalue weighted by atomic mass is 35.5. The van der Waals surface area contributed by atoms with Gasteiger partial charge in [0.2, 0.25) is 5.91 Å². The van der Waals surface area contributed by atoms with Crippen LogP contribution in [0.15, 0.2) is 48.7 Å². The molecule has 4 rings (SSSR count). The van der Waals surface area contributed by atoms with Crippen LogP contribution in [0.1, 0.15) is 5.56 Å². The quantitative estimate of drug-likeness (QED) is 0.646. The molecule has 2 heterocycles. The third kappa shape index (κ3) is 3.83. The average molecular weight is 433 g/mol. The number of carbonyl (C=O) groups is 1. The van der Waals surface area contributed by atoms with Gasteiger partial charge in [-0.3, -0.25) is 4.79 Å². The summed E-state index contributed by atoms with van der Waals surface area (Å²) in [6.07, 6.45) is 1.94. The van der Waals surface area contributed by atoms with E-state index in [0.29, 0.717) is 17.9 Å². The summed E-state index contributed by atoms with van der Waals surface area (Å²) in [7, 11) is 1.63. The molecular weight excluding hydrogens is 418 g/mol. The molecule has 1 amide bonds. The molecule has 148 valence electrons. The molecule has 0 fully saturated rings. The molecule has 0 saturated heterocycles. The minimum Gasteiger partial charge on any atom is -0.452 e. The normalized spacial score (nSPS) is 15.8. The van der Waals surface area contributed by atoms with Crippen molar-refractivity contribution in [3.05, 3.63) is 70.1 Å². The fourth-order valence-electron chi connectivity index (χ4n) is 3.20. The highest BCUT2D eigenvalue weighted by Gasteiger charge is 2.34. The lowest BCUT2D eigenvalue weighted by molar-refractivity contribution is -0.119. The van der Waals surface area contributed by atoms with Crippen LogP contribution in [0.2, 0.25) is 10.0 Å². The molecule has 1 aromatic heterocycles. The monoisotopic (exact) mass is 432 g/mol. The summed E-state index contributed by atoms with van der Waals surface area (Å²) >= 11 is 12.5. The Labute approximate surface area is 176 Å². The first kappa shape index (κ1) is 19.4. The fourth-order valence-corrected chi connectivity index (χ4v) is 3.55. The number of benzene rings is 2. The van der Waals surface area contributed by atoms with Crippen LogP contribution in [0, 0.1) is 5.82 Å². The third-order valence-electron chi connectivity index (χ3n) is 4.55. The van der Waals surface area contributed by atoms with Crippen molar-refractivity contribution < 1.29 is 13.9 Å². The van der Waals surface area contributed by atoms with Crippen molar-refractivity contribution in [1.82, 2.24) is 10.2 Å². The lowest BCUT2D eigenvalue weighted by Crippen LogP contribution is -2.46. The first-order chi connectivity index (χ1) is 13.9. The van der Waals surface area contributed by atoms with Gasteiger partial charge in [0.25, 0.3) is 0 Å². The fraction of sp³-hybridized carbons (Fsp3) is 0.150. The van der Waals surface area contributed by atoms with Gasteiger partial charge in [0, 0.05) is 25.7 Å². The van der Waals surface area contributed by atoms with Crippen LogP contribution in [0.4, 0.5) is 15.9 Å². The first-order valence-electron chi connectivity index (χ1n) is 8.70. The summed E-state index contributed by atoms with van der Waals surface area (Å²) in [5, 5.41) is 11.4. The van der Waals surface area contributed by atoms with E-state index >= 15 is 0 Å². The molecule has 0 saturated carbocycles. The Kier molecular flexibility index (Phi) is 5.25. The van der Waals surface area contributed by atoms with Gasteiger partial charge in [0.1, 0.15) is 23.4 Å². The lowest BCUT2D eigenvalue weighted by Gasteiger charge is -2.33. The molecule has 1 atom stereocenters. The smallest absolute Gasteiger partial charge is 0.249 e. The molecule has 0 bridgehead atoms. The SMILES string of the molecule is CN1C(=O)[C@H](Nc2cccnn2)Cc2ccc(Cl)c(Oc3cc(F)ccc3Cl)c21. The summed E-state index contributed by atoms with van der Waals surface area (Å²) in [6.45, 7) is 0. The number of nitrogens with zero attached hydrogens (tertiary/aromatic N) is 3. The summed E-state index contributed by atoms with van der Waals surface area (Å²) in [6, 6.07) is 10.2. The first-order valence-corrected chi connectivity index (χ1v) is 9.45. The molecule has 0 aliphatic carbocycles. The molecule has 1 aliphatic rings. The predicted molar refractivity (Wildman–Crippen MR) is 109 cm³/mol.